The first-order valence-electron chi connectivity index (χ1n) is 2.81. The van der Waals surface area contributed by atoms with E-state index in [1.165, 1.54) is 0 Å². The van der Waals surface area contributed by atoms with Gasteiger partial charge in [-0.25, -0.2) is 0 Å². The molecule has 50 valence electrons. The topological polar surface area (TPSA) is 29.4 Å². The number of isothiocyanates is 1. The first-order chi connectivity index (χ1) is 4.84. The Labute approximate surface area is 64.0 Å². The summed E-state index contributed by atoms with van der Waals surface area (Å²) in [7, 11) is 0. The average Bonchev–Trinajstić information content (AvgIpc) is 2.38. The molecule has 2 nitrogen and oxygen atoms in total. The van der Waals surface area contributed by atoms with Crippen LogP contribution >= 0.6 is 12.2 Å². The number of rotatable bonds is 1. The summed E-state index contributed by atoms with van der Waals surface area (Å²) < 4.78 is 0. The first kappa shape index (κ1) is 7.06. The molecular formula is C7H5NOS. The van der Waals surface area contributed by atoms with Gasteiger partial charge in [0.05, 0.1) is 11.1 Å². The van der Waals surface area contributed by atoms with E-state index in [2.05, 4.69) is 17.2 Å². The third-order valence-electron chi connectivity index (χ3n) is 1.19. The molecule has 1 amide bonds. The summed E-state index contributed by atoms with van der Waals surface area (Å²) >= 11 is 4.28. The predicted molar refractivity (Wildman–Crippen MR) is 41.8 cm³/mol. The molecule has 0 atom stereocenters. The van der Waals surface area contributed by atoms with Gasteiger partial charge in [0.15, 0.2) is 0 Å². The Morgan fingerprint density at radius 2 is 2.10 bits per heavy atom. The molecule has 1 aliphatic carbocycles. The van der Waals surface area contributed by atoms with Crippen molar-refractivity contribution in [1.29, 1.82) is 0 Å². The molecule has 1 aliphatic rings. The molecule has 0 aromatic carbocycles. The number of hydrogen-bond acceptors (Lipinski definition) is 2. The van der Waals surface area contributed by atoms with Gasteiger partial charge in [-0.15, -0.1) is 0 Å². The Kier molecular flexibility index (Phi) is 2.26. The molecule has 10 heavy (non-hydrogen) atoms. The highest BCUT2D eigenvalue weighted by molar-refractivity contribution is 7.78. The van der Waals surface area contributed by atoms with E-state index in [9.17, 15) is 4.79 Å². The zero-order valence-corrected chi connectivity index (χ0v) is 5.97. The van der Waals surface area contributed by atoms with Crippen LogP contribution < -0.4 is 0 Å². The molecule has 0 aliphatic heterocycles. The van der Waals surface area contributed by atoms with Crippen LogP contribution in [0.4, 0.5) is 0 Å². The molecule has 0 spiro atoms. The fraction of sp³-hybridized carbons (Fsp3) is 0.143. The van der Waals surface area contributed by atoms with Crippen molar-refractivity contribution in [2.45, 2.75) is 0 Å². The molecule has 0 N–H and O–H groups in total. The van der Waals surface area contributed by atoms with Gasteiger partial charge in [-0.3, -0.25) is 4.79 Å². The van der Waals surface area contributed by atoms with Crippen LogP contribution in [0.1, 0.15) is 0 Å². The van der Waals surface area contributed by atoms with Crippen LogP contribution in [-0.2, 0) is 4.79 Å². The van der Waals surface area contributed by atoms with Crippen molar-refractivity contribution in [3.63, 3.8) is 0 Å². The zero-order valence-electron chi connectivity index (χ0n) is 5.15. The van der Waals surface area contributed by atoms with E-state index in [0.717, 1.165) is 0 Å². The second kappa shape index (κ2) is 3.20. The van der Waals surface area contributed by atoms with Gasteiger partial charge in [0.1, 0.15) is 0 Å². The fourth-order valence-electron chi connectivity index (χ4n) is 0.716. The van der Waals surface area contributed by atoms with E-state index in [4.69, 9.17) is 0 Å². The van der Waals surface area contributed by atoms with Crippen molar-refractivity contribution < 1.29 is 4.79 Å². The lowest BCUT2D eigenvalue weighted by atomic mass is 10.2. The number of thiocarbonyl (C=S) groups is 1. The van der Waals surface area contributed by atoms with E-state index in [1.807, 2.05) is 17.3 Å². The van der Waals surface area contributed by atoms with Crippen molar-refractivity contribution in [2.24, 2.45) is 10.9 Å². The Morgan fingerprint density at radius 1 is 1.50 bits per heavy atom. The van der Waals surface area contributed by atoms with Gasteiger partial charge >= 0.3 is 0 Å². The van der Waals surface area contributed by atoms with Crippen LogP contribution in [0.5, 0.6) is 0 Å². The zero-order chi connectivity index (χ0) is 7.40. The van der Waals surface area contributed by atoms with Gasteiger partial charge in [0.25, 0.3) is 5.91 Å². The standard InChI is InChI=1S/C7H5NOS/c9-7(8-5-10)6-3-1-2-4-6/h1-4,6H. The quantitative estimate of drug-likeness (QED) is 0.418. The molecule has 0 fully saturated rings. The van der Waals surface area contributed by atoms with Crippen LogP contribution in [0.2, 0.25) is 0 Å². The van der Waals surface area contributed by atoms with Crippen molar-refractivity contribution in [3.8, 4) is 0 Å². The maximum absolute atomic E-state index is 10.8. The molecular weight excluding hydrogens is 146 g/mol. The van der Waals surface area contributed by atoms with Gasteiger partial charge < -0.3 is 0 Å². The maximum atomic E-state index is 10.8. The second-order valence-corrected chi connectivity index (χ2v) is 2.02. The molecule has 0 saturated heterocycles. The smallest absolute Gasteiger partial charge is 0.265 e. The highest BCUT2D eigenvalue weighted by Crippen LogP contribution is 2.09. The van der Waals surface area contributed by atoms with E-state index in [1.54, 1.807) is 12.2 Å². The number of amides is 1. The fourth-order valence-corrected chi connectivity index (χ4v) is 0.806. The van der Waals surface area contributed by atoms with E-state index in [0.29, 0.717) is 0 Å². The van der Waals surface area contributed by atoms with Crippen LogP contribution in [0.3, 0.4) is 0 Å². The van der Waals surface area contributed by atoms with Crippen LogP contribution in [0.15, 0.2) is 29.3 Å². The summed E-state index contributed by atoms with van der Waals surface area (Å²) in [4.78, 5) is 14.2. The highest BCUT2D eigenvalue weighted by atomic mass is 32.1. The largest absolute Gasteiger partial charge is 0.271 e. The Balaban J connectivity index is 2.66. The SMILES string of the molecule is O=C(N=C=S)C1C=CC=C1. The highest BCUT2D eigenvalue weighted by Gasteiger charge is 2.11. The molecule has 0 saturated carbocycles. The molecule has 0 aromatic heterocycles. The summed E-state index contributed by atoms with van der Waals surface area (Å²) in [5.41, 5.74) is 0. The Morgan fingerprint density at radius 3 is 2.60 bits per heavy atom. The minimum atomic E-state index is -0.250. The molecule has 3 heteroatoms. The Bertz CT molecular complexity index is 236. The van der Waals surface area contributed by atoms with Crippen molar-refractivity contribution in [2.75, 3.05) is 0 Å². The average molecular weight is 151 g/mol. The van der Waals surface area contributed by atoms with Crippen molar-refractivity contribution in [1.82, 2.24) is 0 Å². The summed E-state index contributed by atoms with van der Waals surface area (Å²) in [6.07, 6.45) is 7.14. The lowest BCUT2D eigenvalue weighted by Gasteiger charge is -1.93. The monoisotopic (exact) mass is 151 g/mol. The Hall–Kier alpha value is -1.05. The van der Waals surface area contributed by atoms with Gasteiger partial charge in [-0.2, -0.15) is 4.99 Å². The summed E-state index contributed by atoms with van der Waals surface area (Å²) in [6.45, 7) is 0. The lowest BCUT2D eigenvalue weighted by Crippen LogP contribution is -2.03. The van der Waals surface area contributed by atoms with E-state index >= 15 is 0 Å². The second-order valence-electron chi connectivity index (χ2n) is 1.84. The van der Waals surface area contributed by atoms with Gasteiger partial charge in [0.2, 0.25) is 0 Å². The summed E-state index contributed by atoms with van der Waals surface area (Å²) in [5.74, 6) is -0.463. The number of allylic oxidation sites excluding steroid dienone is 2. The van der Waals surface area contributed by atoms with E-state index < -0.39 is 0 Å². The minimum Gasteiger partial charge on any atom is -0.271 e. The normalized spacial score (nSPS) is 15.2. The first-order valence-corrected chi connectivity index (χ1v) is 3.22. The minimum absolute atomic E-state index is 0.213. The third kappa shape index (κ3) is 1.47. The van der Waals surface area contributed by atoms with Crippen LogP contribution in [0.25, 0.3) is 0 Å². The van der Waals surface area contributed by atoms with E-state index in [-0.39, 0.29) is 11.8 Å². The predicted octanol–water partition coefficient (Wildman–Crippen LogP) is 1.36. The number of aliphatic imine (C=N–C) groups is 1. The number of nitrogens with zero attached hydrogens (tertiary/aromatic N) is 1. The summed E-state index contributed by atoms with van der Waals surface area (Å²) in [6, 6.07) is 0. The van der Waals surface area contributed by atoms with Gasteiger partial charge in [-0.05, 0) is 12.2 Å². The molecule has 1 rings (SSSR count). The third-order valence-corrected chi connectivity index (χ3v) is 1.28. The van der Waals surface area contributed by atoms with Gasteiger partial charge in [0, 0.05) is 0 Å². The number of carbonyl (C=O) groups is 1. The molecule has 0 radical (unpaired) electrons. The molecule has 0 unspecified atom stereocenters. The lowest BCUT2D eigenvalue weighted by molar-refractivity contribution is -0.118. The molecule has 0 heterocycles. The van der Waals surface area contributed by atoms with Crippen molar-refractivity contribution in [3.05, 3.63) is 24.3 Å². The number of hydrogen-bond donors (Lipinski definition) is 0. The van der Waals surface area contributed by atoms with Crippen LogP contribution in [0, 0.1) is 5.92 Å². The summed E-state index contributed by atoms with van der Waals surface area (Å²) in [5, 5.41) is 2.04. The molecule has 0 bridgehead atoms. The molecule has 0 aromatic rings. The van der Waals surface area contributed by atoms with Crippen LogP contribution in [-0.4, -0.2) is 11.1 Å². The van der Waals surface area contributed by atoms with Crippen molar-refractivity contribution >= 4 is 23.3 Å². The van der Waals surface area contributed by atoms with Gasteiger partial charge in [-0.1, -0.05) is 24.3 Å². The number of carbonyl (C=O) groups excluding carboxylic acids is 1. The maximum Gasteiger partial charge on any atom is 0.265 e.